The highest BCUT2D eigenvalue weighted by Crippen LogP contribution is 2.14. The largest absolute Gasteiger partial charge is 0.380 e. The second-order valence-corrected chi connectivity index (χ2v) is 4.22. The monoisotopic (exact) mass is 210 g/mol. The fraction of sp³-hybridized carbons (Fsp3) is 0.500. The molecule has 0 saturated carbocycles. The van der Waals surface area contributed by atoms with E-state index in [1.54, 1.807) is 7.11 Å². The molecule has 14 heavy (non-hydrogen) atoms. The highest BCUT2D eigenvalue weighted by atomic mass is 32.1. The molecule has 0 saturated heterocycles. The van der Waals surface area contributed by atoms with Gasteiger partial charge >= 0.3 is 0 Å². The minimum atomic E-state index is 0.227. The van der Waals surface area contributed by atoms with E-state index >= 15 is 0 Å². The number of nitrogens with zero attached hydrogens (tertiary/aromatic N) is 1. The lowest BCUT2D eigenvalue weighted by molar-refractivity contribution is 0.117. The lowest BCUT2D eigenvalue weighted by atomic mass is 10.4. The lowest BCUT2D eigenvalue weighted by Gasteiger charge is -2.09. The molecule has 0 fully saturated rings. The van der Waals surface area contributed by atoms with Gasteiger partial charge in [-0.05, 0) is 19.1 Å². The first kappa shape index (κ1) is 11.2. The van der Waals surface area contributed by atoms with Gasteiger partial charge < -0.3 is 10.1 Å². The summed E-state index contributed by atoms with van der Waals surface area (Å²) in [7, 11) is 1.70. The van der Waals surface area contributed by atoms with Crippen molar-refractivity contribution in [1.82, 2.24) is 5.32 Å². The van der Waals surface area contributed by atoms with Gasteiger partial charge in [0.25, 0.3) is 0 Å². The summed E-state index contributed by atoms with van der Waals surface area (Å²) in [6.45, 7) is 3.65. The number of hydrogen-bond donors (Lipinski definition) is 1. The number of thiophene rings is 1. The highest BCUT2D eigenvalue weighted by molar-refractivity contribution is 7.12. The minimum Gasteiger partial charge on any atom is -0.380 e. The third kappa shape index (κ3) is 3.46. The predicted octanol–water partition coefficient (Wildman–Crippen LogP) is 1.74. The Bertz CT molecular complexity index is 316. The van der Waals surface area contributed by atoms with Crippen molar-refractivity contribution >= 4 is 11.3 Å². The molecule has 0 aliphatic heterocycles. The van der Waals surface area contributed by atoms with E-state index in [-0.39, 0.29) is 6.10 Å². The molecule has 3 nitrogen and oxygen atoms in total. The van der Waals surface area contributed by atoms with Crippen molar-refractivity contribution in [2.45, 2.75) is 19.6 Å². The molecule has 0 spiro atoms. The van der Waals surface area contributed by atoms with Crippen molar-refractivity contribution in [3.63, 3.8) is 0 Å². The second-order valence-electron chi connectivity index (χ2n) is 3.05. The maximum absolute atomic E-state index is 8.62. The molecular weight excluding hydrogens is 196 g/mol. The van der Waals surface area contributed by atoms with Crippen molar-refractivity contribution in [3.8, 4) is 6.07 Å². The Hall–Kier alpha value is -0.890. The van der Waals surface area contributed by atoms with E-state index in [1.165, 1.54) is 16.2 Å². The molecule has 1 atom stereocenters. The minimum absolute atomic E-state index is 0.227. The molecule has 76 valence electrons. The Balaban J connectivity index is 2.28. The van der Waals surface area contributed by atoms with E-state index in [4.69, 9.17) is 10.00 Å². The molecule has 1 heterocycles. The normalized spacial score (nSPS) is 12.4. The van der Waals surface area contributed by atoms with Crippen LogP contribution in [0, 0.1) is 11.3 Å². The van der Waals surface area contributed by atoms with Crippen LogP contribution in [0.1, 0.15) is 16.7 Å². The van der Waals surface area contributed by atoms with E-state index in [2.05, 4.69) is 11.4 Å². The van der Waals surface area contributed by atoms with Crippen LogP contribution in [0.3, 0.4) is 0 Å². The molecule has 1 unspecified atom stereocenters. The van der Waals surface area contributed by atoms with Gasteiger partial charge in [-0.1, -0.05) is 0 Å². The zero-order valence-corrected chi connectivity index (χ0v) is 9.23. The van der Waals surface area contributed by atoms with Gasteiger partial charge in [0.1, 0.15) is 10.9 Å². The standard InChI is InChI=1S/C10H14N2OS/c1-8(13-2)6-12-7-10-4-3-9(5-11)14-10/h3-4,8,12H,6-7H2,1-2H3. The molecule has 0 radical (unpaired) electrons. The Morgan fingerprint density at radius 1 is 1.64 bits per heavy atom. The third-order valence-electron chi connectivity index (χ3n) is 1.91. The van der Waals surface area contributed by atoms with Gasteiger partial charge in [-0.3, -0.25) is 0 Å². The first-order valence-corrected chi connectivity index (χ1v) is 5.30. The summed E-state index contributed by atoms with van der Waals surface area (Å²) in [6, 6.07) is 5.95. The van der Waals surface area contributed by atoms with Crippen LogP contribution < -0.4 is 5.32 Å². The Morgan fingerprint density at radius 3 is 3.00 bits per heavy atom. The van der Waals surface area contributed by atoms with Crippen LogP contribution in [0.2, 0.25) is 0 Å². The van der Waals surface area contributed by atoms with Crippen LogP contribution in [-0.4, -0.2) is 19.8 Å². The molecular formula is C10H14N2OS. The Labute approximate surface area is 88.3 Å². The summed E-state index contributed by atoms with van der Waals surface area (Å²) < 4.78 is 5.10. The smallest absolute Gasteiger partial charge is 0.110 e. The molecule has 0 aromatic carbocycles. The zero-order chi connectivity index (χ0) is 10.4. The number of rotatable bonds is 5. The summed E-state index contributed by atoms with van der Waals surface area (Å²) in [5.74, 6) is 0. The van der Waals surface area contributed by atoms with Crippen molar-refractivity contribution < 1.29 is 4.74 Å². The van der Waals surface area contributed by atoms with Crippen LogP contribution in [-0.2, 0) is 11.3 Å². The summed E-state index contributed by atoms with van der Waals surface area (Å²) in [4.78, 5) is 1.95. The number of ether oxygens (including phenoxy) is 1. The van der Waals surface area contributed by atoms with Crippen LogP contribution in [0.25, 0.3) is 0 Å². The maximum atomic E-state index is 8.62. The van der Waals surface area contributed by atoms with E-state index in [0.29, 0.717) is 0 Å². The van der Waals surface area contributed by atoms with Gasteiger partial charge in [0.2, 0.25) is 0 Å². The van der Waals surface area contributed by atoms with Crippen LogP contribution in [0.5, 0.6) is 0 Å². The quantitative estimate of drug-likeness (QED) is 0.805. The maximum Gasteiger partial charge on any atom is 0.110 e. The van der Waals surface area contributed by atoms with Crippen molar-refractivity contribution in [3.05, 3.63) is 21.9 Å². The predicted molar refractivity (Wildman–Crippen MR) is 57.2 cm³/mol. The molecule has 0 bridgehead atoms. The average molecular weight is 210 g/mol. The molecule has 1 aromatic heterocycles. The van der Waals surface area contributed by atoms with E-state index < -0.39 is 0 Å². The first-order chi connectivity index (χ1) is 6.76. The van der Waals surface area contributed by atoms with Gasteiger partial charge in [0.15, 0.2) is 0 Å². The lowest BCUT2D eigenvalue weighted by Crippen LogP contribution is -2.25. The van der Waals surface area contributed by atoms with Gasteiger partial charge in [-0.25, -0.2) is 0 Å². The molecule has 1 N–H and O–H groups in total. The molecule has 0 amide bonds. The van der Waals surface area contributed by atoms with Gasteiger partial charge in [-0.2, -0.15) is 5.26 Å². The SMILES string of the molecule is COC(C)CNCc1ccc(C#N)s1. The molecule has 1 aromatic rings. The van der Waals surface area contributed by atoms with Gasteiger partial charge in [-0.15, -0.1) is 11.3 Å². The van der Waals surface area contributed by atoms with Crippen molar-refractivity contribution in [2.75, 3.05) is 13.7 Å². The first-order valence-electron chi connectivity index (χ1n) is 4.48. The fourth-order valence-electron chi connectivity index (χ4n) is 1.01. The zero-order valence-electron chi connectivity index (χ0n) is 8.41. The van der Waals surface area contributed by atoms with Crippen molar-refractivity contribution in [2.24, 2.45) is 0 Å². The summed E-state index contributed by atoms with van der Waals surface area (Å²) >= 11 is 1.53. The van der Waals surface area contributed by atoms with E-state index in [9.17, 15) is 0 Å². The summed E-state index contributed by atoms with van der Waals surface area (Å²) in [5, 5.41) is 11.9. The third-order valence-corrected chi connectivity index (χ3v) is 2.90. The molecule has 0 aliphatic carbocycles. The molecule has 0 aliphatic rings. The Morgan fingerprint density at radius 2 is 2.43 bits per heavy atom. The summed E-state index contributed by atoms with van der Waals surface area (Å²) in [5.41, 5.74) is 0. The summed E-state index contributed by atoms with van der Waals surface area (Å²) in [6.07, 6.45) is 0.227. The van der Waals surface area contributed by atoms with Gasteiger partial charge in [0.05, 0.1) is 6.10 Å². The van der Waals surface area contributed by atoms with Gasteiger partial charge in [0, 0.05) is 25.1 Å². The van der Waals surface area contributed by atoms with E-state index in [1.807, 2.05) is 19.1 Å². The number of methoxy groups -OCH3 is 1. The fourth-order valence-corrected chi connectivity index (χ4v) is 1.79. The second kappa shape index (κ2) is 5.76. The van der Waals surface area contributed by atoms with Crippen LogP contribution in [0.15, 0.2) is 12.1 Å². The topological polar surface area (TPSA) is 45.0 Å². The van der Waals surface area contributed by atoms with E-state index in [0.717, 1.165) is 18.0 Å². The molecule has 4 heteroatoms. The highest BCUT2D eigenvalue weighted by Gasteiger charge is 2.01. The number of nitriles is 1. The average Bonchev–Trinajstić information content (AvgIpc) is 2.65. The van der Waals surface area contributed by atoms with Crippen LogP contribution in [0.4, 0.5) is 0 Å². The van der Waals surface area contributed by atoms with Crippen molar-refractivity contribution in [1.29, 1.82) is 5.26 Å². The number of nitrogens with one attached hydrogen (secondary N) is 1. The number of hydrogen-bond acceptors (Lipinski definition) is 4. The van der Waals surface area contributed by atoms with Crippen LogP contribution >= 0.6 is 11.3 Å². The molecule has 1 rings (SSSR count). The Kier molecular flexibility index (Phi) is 4.60.